The summed E-state index contributed by atoms with van der Waals surface area (Å²) < 4.78 is 6.92. The van der Waals surface area contributed by atoms with E-state index in [1.54, 1.807) is 13.2 Å². The molecule has 2 aromatic heterocycles. The Hall–Kier alpha value is -2.71. The Kier molecular flexibility index (Phi) is 4.08. The van der Waals surface area contributed by atoms with Crippen molar-refractivity contribution in [1.82, 2.24) is 19.7 Å². The van der Waals surface area contributed by atoms with Crippen molar-refractivity contribution in [2.24, 2.45) is 7.05 Å². The zero-order chi connectivity index (χ0) is 14.5. The van der Waals surface area contributed by atoms with Crippen LogP contribution in [0.2, 0.25) is 0 Å². The van der Waals surface area contributed by atoms with Crippen molar-refractivity contribution in [2.45, 2.75) is 13.3 Å². The Bertz CT molecular complexity index is 612. The Balaban J connectivity index is 2.33. The minimum Gasteiger partial charge on any atom is -0.430 e. The monoisotopic (exact) mass is 278 g/mol. The Morgan fingerprint density at radius 3 is 2.90 bits per heavy atom. The first-order valence-electron chi connectivity index (χ1n) is 6.01. The highest BCUT2D eigenvalue weighted by Gasteiger charge is 2.25. The molecule has 20 heavy (non-hydrogen) atoms. The molecule has 0 aliphatic heterocycles. The quantitative estimate of drug-likeness (QED) is 0.633. The van der Waals surface area contributed by atoms with Crippen LogP contribution in [0.1, 0.15) is 13.3 Å². The van der Waals surface area contributed by atoms with Crippen molar-refractivity contribution >= 4 is 11.5 Å². The van der Waals surface area contributed by atoms with Gasteiger partial charge in [0.15, 0.2) is 5.75 Å². The molecule has 9 nitrogen and oxygen atoms in total. The summed E-state index contributed by atoms with van der Waals surface area (Å²) in [5.74, 6) is 0.401. The number of ether oxygens (including phenoxy) is 1. The van der Waals surface area contributed by atoms with Gasteiger partial charge in [0, 0.05) is 13.6 Å². The molecule has 0 saturated heterocycles. The summed E-state index contributed by atoms with van der Waals surface area (Å²) >= 11 is 0. The van der Waals surface area contributed by atoms with Crippen molar-refractivity contribution < 1.29 is 9.66 Å². The van der Waals surface area contributed by atoms with E-state index >= 15 is 0 Å². The summed E-state index contributed by atoms with van der Waals surface area (Å²) in [6, 6.07) is 0. The highest BCUT2D eigenvalue weighted by Crippen LogP contribution is 2.33. The van der Waals surface area contributed by atoms with E-state index in [4.69, 9.17) is 4.74 Å². The second kappa shape index (κ2) is 5.95. The lowest BCUT2D eigenvalue weighted by Gasteiger charge is -2.07. The molecule has 0 aliphatic rings. The van der Waals surface area contributed by atoms with Gasteiger partial charge in [-0.2, -0.15) is 10.1 Å². The van der Waals surface area contributed by atoms with Crippen LogP contribution in [0.25, 0.3) is 0 Å². The number of hydrogen-bond donors (Lipinski definition) is 1. The van der Waals surface area contributed by atoms with Crippen LogP contribution in [0.4, 0.5) is 11.5 Å². The molecule has 1 N–H and O–H groups in total. The van der Waals surface area contributed by atoms with Gasteiger partial charge in [-0.05, 0) is 6.42 Å². The van der Waals surface area contributed by atoms with Crippen LogP contribution >= 0.6 is 0 Å². The summed E-state index contributed by atoms with van der Waals surface area (Å²) in [7, 11) is 1.72. The van der Waals surface area contributed by atoms with Crippen LogP contribution in [0.3, 0.4) is 0 Å². The molecule has 0 amide bonds. The van der Waals surface area contributed by atoms with Crippen LogP contribution in [-0.4, -0.2) is 31.2 Å². The van der Waals surface area contributed by atoms with Crippen LogP contribution in [0.5, 0.6) is 11.6 Å². The summed E-state index contributed by atoms with van der Waals surface area (Å²) in [4.78, 5) is 18.3. The molecule has 9 heteroatoms. The van der Waals surface area contributed by atoms with Gasteiger partial charge in [-0.1, -0.05) is 6.92 Å². The minimum absolute atomic E-state index is 0.114. The van der Waals surface area contributed by atoms with Gasteiger partial charge in [-0.25, -0.2) is 4.98 Å². The topological polar surface area (TPSA) is 108 Å². The molecule has 0 unspecified atom stereocenters. The lowest BCUT2D eigenvalue weighted by Crippen LogP contribution is -2.07. The van der Waals surface area contributed by atoms with Crippen molar-refractivity contribution in [2.75, 3.05) is 11.9 Å². The van der Waals surface area contributed by atoms with Gasteiger partial charge in [-0.15, -0.1) is 0 Å². The Morgan fingerprint density at radius 2 is 2.30 bits per heavy atom. The molecule has 2 rings (SSSR count). The second-order valence-corrected chi connectivity index (χ2v) is 4.01. The summed E-state index contributed by atoms with van der Waals surface area (Å²) in [5, 5.41) is 18.0. The molecule has 0 aromatic carbocycles. The molecule has 0 radical (unpaired) electrons. The van der Waals surface area contributed by atoms with Gasteiger partial charge in [-0.3, -0.25) is 14.8 Å². The average Bonchev–Trinajstić information content (AvgIpc) is 2.81. The predicted octanol–water partition coefficient (Wildman–Crippen LogP) is 1.73. The largest absolute Gasteiger partial charge is 0.430 e. The Morgan fingerprint density at radius 1 is 1.50 bits per heavy atom. The van der Waals surface area contributed by atoms with Crippen LogP contribution in [0.15, 0.2) is 18.7 Å². The molecule has 0 aliphatic carbocycles. The molecule has 0 bridgehead atoms. The smallest absolute Gasteiger partial charge is 0.373 e. The van der Waals surface area contributed by atoms with E-state index in [0.717, 1.165) is 6.42 Å². The molecule has 2 heterocycles. The average molecular weight is 278 g/mol. The maximum absolute atomic E-state index is 11.2. The first-order chi connectivity index (χ1) is 9.61. The fraction of sp³-hybridized carbons (Fsp3) is 0.364. The fourth-order valence-electron chi connectivity index (χ4n) is 1.54. The number of aromatic nitrogens is 4. The van der Waals surface area contributed by atoms with Gasteiger partial charge in [0.2, 0.25) is 5.82 Å². The number of nitrogens with one attached hydrogen (secondary N) is 1. The minimum atomic E-state index is -0.566. The lowest BCUT2D eigenvalue weighted by molar-refractivity contribution is -0.385. The first kappa shape index (κ1) is 13.7. The molecule has 0 saturated carbocycles. The van der Waals surface area contributed by atoms with Gasteiger partial charge in [0.25, 0.3) is 0 Å². The first-order valence-corrected chi connectivity index (χ1v) is 6.01. The lowest BCUT2D eigenvalue weighted by atomic mass is 10.4. The molecule has 0 spiro atoms. The summed E-state index contributed by atoms with van der Waals surface area (Å²) in [6.07, 6.45) is 5.08. The van der Waals surface area contributed by atoms with Crippen molar-refractivity contribution in [3.05, 3.63) is 28.8 Å². The van der Waals surface area contributed by atoms with E-state index in [-0.39, 0.29) is 17.4 Å². The van der Waals surface area contributed by atoms with Crippen molar-refractivity contribution in [3.8, 4) is 11.6 Å². The second-order valence-electron chi connectivity index (χ2n) is 4.01. The third kappa shape index (κ3) is 2.99. The standard InChI is InChI=1S/C11H14N6O3/c1-3-4-12-10-9(17(18)19)11(14-7-13-10)20-8-5-15-16(2)6-8/h5-7H,3-4H2,1-2H3,(H,12,13,14). The molecule has 0 atom stereocenters. The third-order valence-corrected chi connectivity index (χ3v) is 2.41. The number of rotatable bonds is 6. The Labute approximate surface area is 114 Å². The number of anilines is 1. The molecule has 2 aromatic rings. The maximum atomic E-state index is 11.2. The summed E-state index contributed by atoms with van der Waals surface area (Å²) in [5.41, 5.74) is -0.287. The number of hydrogen-bond acceptors (Lipinski definition) is 7. The maximum Gasteiger partial charge on any atom is 0.373 e. The van der Waals surface area contributed by atoms with E-state index in [0.29, 0.717) is 12.3 Å². The van der Waals surface area contributed by atoms with Gasteiger partial charge in [0.1, 0.15) is 6.33 Å². The van der Waals surface area contributed by atoms with Crippen LogP contribution in [0, 0.1) is 10.1 Å². The zero-order valence-corrected chi connectivity index (χ0v) is 11.1. The van der Waals surface area contributed by atoms with Gasteiger partial charge >= 0.3 is 11.6 Å². The highest BCUT2D eigenvalue weighted by molar-refractivity contribution is 5.61. The molecule has 106 valence electrons. The third-order valence-electron chi connectivity index (χ3n) is 2.41. The predicted molar refractivity (Wildman–Crippen MR) is 70.7 cm³/mol. The zero-order valence-electron chi connectivity index (χ0n) is 11.1. The van der Waals surface area contributed by atoms with E-state index in [2.05, 4.69) is 20.4 Å². The van der Waals surface area contributed by atoms with Crippen molar-refractivity contribution in [3.63, 3.8) is 0 Å². The van der Waals surface area contributed by atoms with E-state index < -0.39 is 4.92 Å². The summed E-state index contributed by atoms with van der Waals surface area (Å²) in [6.45, 7) is 2.53. The number of nitrogens with zero attached hydrogens (tertiary/aromatic N) is 5. The van der Waals surface area contributed by atoms with Crippen LogP contribution in [-0.2, 0) is 7.05 Å². The molecule has 0 fully saturated rings. The van der Waals surface area contributed by atoms with Gasteiger partial charge < -0.3 is 10.1 Å². The fourth-order valence-corrected chi connectivity index (χ4v) is 1.54. The highest BCUT2D eigenvalue weighted by atomic mass is 16.6. The number of aryl methyl sites for hydroxylation is 1. The van der Waals surface area contributed by atoms with E-state index in [9.17, 15) is 10.1 Å². The SMILES string of the molecule is CCCNc1ncnc(Oc2cnn(C)c2)c1[N+](=O)[O-]. The van der Waals surface area contributed by atoms with Gasteiger partial charge in [0.05, 0.1) is 17.3 Å². The van der Waals surface area contributed by atoms with Crippen molar-refractivity contribution in [1.29, 1.82) is 0 Å². The normalized spacial score (nSPS) is 10.3. The van der Waals surface area contributed by atoms with E-state index in [1.165, 1.54) is 17.2 Å². The molecular formula is C11H14N6O3. The number of nitro groups is 1. The van der Waals surface area contributed by atoms with E-state index in [1.807, 2.05) is 6.92 Å². The van der Waals surface area contributed by atoms with Crippen LogP contribution < -0.4 is 10.1 Å². The molecular weight excluding hydrogens is 264 g/mol.